The molecule has 0 aliphatic rings. The summed E-state index contributed by atoms with van der Waals surface area (Å²) in [5.41, 5.74) is -2.56. The minimum absolute atomic E-state index is 0. The smallest absolute Gasteiger partial charge is 1.00 e. The van der Waals surface area contributed by atoms with Gasteiger partial charge in [-0.15, -0.1) is 0 Å². The number of carbonyl (C=O) groups is 1. The number of hydrogen-bond acceptors (Lipinski definition) is 5. The topological polar surface area (TPSA) is 292 Å². The third-order valence-electron chi connectivity index (χ3n) is 0.224. The molecule has 0 radical (unpaired) electrons. The Labute approximate surface area is 161 Å². The van der Waals surface area contributed by atoms with Crippen LogP contribution in [0.4, 0.5) is 4.79 Å². The van der Waals surface area contributed by atoms with Crippen molar-refractivity contribution in [2.75, 3.05) is 0 Å². The molecular formula is CH15Na3O11P-3. The molecule has 0 aromatic rings. The quantitative estimate of drug-likeness (QED) is 0.335. The number of rotatable bonds is 1. The molecular weight excluding hydrogens is 288 g/mol. The van der Waals surface area contributed by atoms with Crippen LogP contribution in [0.5, 0.6) is 0 Å². The van der Waals surface area contributed by atoms with Crippen molar-refractivity contribution in [2.45, 2.75) is 0 Å². The zero-order valence-electron chi connectivity index (χ0n) is 12.0. The summed E-state index contributed by atoms with van der Waals surface area (Å²) in [5, 5.41) is 9.02. The fraction of sp³-hybridized carbons (Fsp3) is 0. The summed E-state index contributed by atoms with van der Waals surface area (Å²) in [5.74, 6) is 0. The predicted molar refractivity (Wildman–Crippen MR) is 38.0 cm³/mol. The van der Waals surface area contributed by atoms with Gasteiger partial charge in [0.25, 0.3) is 0 Å². The zero-order chi connectivity index (χ0) is 6.08. The first-order valence-electron chi connectivity index (χ1n) is 1.18. The zero-order valence-corrected chi connectivity index (χ0v) is 15.9. The summed E-state index contributed by atoms with van der Waals surface area (Å²) in [4.78, 5) is 27.3. The molecule has 0 atom stereocenters. The van der Waals surface area contributed by atoms with Crippen LogP contribution in [0.1, 0.15) is 4.28 Å². The predicted octanol–water partition coefficient (Wildman–Crippen LogP) is -16.4. The molecule has 96 valence electrons. The van der Waals surface area contributed by atoms with Crippen molar-refractivity contribution in [1.29, 1.82) is 0 Å². The van der Waals surface area contributed by atoms with Crippen molar-refractivity contribution in [1.82, 2.24) is 0 Å². The van der Waals surface area contributed by atoms with Gasteiger partial charge in [-0.1, -0.05) is 0 Å². The Bertz CT molecular complexity index is 145. The maximum Gasteiger partial charge on any atom is 1.00 e. The van der Waals surface area contributed by atoms with Gasteiger partial charge in [-0.25, -0.2) is 0 Å². The van der Waals surface area contributed by atoms with Crippen molar-refractivity contribution in [2.24, 2.45) is 0 Å². The standard InChI is InChI=1S/CH3O5P.3Na.6H2O.3H/c2-1(3)7(4,5)6;;;;;;;;;;;;/h(H,2,3)(H2,4,5,6);;;;6*1H2;;;/q;3*+1;;;;;;;3*-1/p-3. The van der Waals surface area contributed by atoms with E-state index in [1.165, 1.54) is 0 Å². The monoisotopic (exact) mass is 303 g/mol. The van der Waals surface area contributed by atoms with Crippen LogP contribution in [0.15, 0.2) is 0 Å². The Morgan fingerprint density at radius 3 is 0.875 bits per heavy atom. The number of carboxylic acid groups (broad SMARTS) is 1. The molecule has 0 spiro atoms. The third-order valence-corrected chi connectivity index (χ3v) is 0.671. The Morgan fingerprint density at radius 1 is 0.812 bits per heavy atom. The van der Waals surface area contributed by atoms with Gasteiger partial charge in [-0.3, -0.25) is 0 Å². The number of carbonyl (C=O) groups excluding carboxylic acids is 1. The summed E-state index contributed by atoms with van der Waals surface area (Å²) in [6.07, 6.45) is 0. The largest absolute Gasteiger partial charge is 1.00 e. The van der Waals surface area contributed by atoms with Crippen LogP contribution in [0.2, 0.25) is 0 Å². The van der Waals surface area contributed by atoms with Gasteiger partial charge in [0.1, 0.15) is 0 Å². The Kier molecular flexibility index (Phi) is 178. The van der Waals surface area contributed by atoms with E-state index in [9.17, 15) is 0 Å². The summed E-state index contributed by atoms with van der Waals surface area (Å²) in [6, 6.07) is 0. The first-order chi connectivity index (χ1) is 2.94. The van der Waals surface area contributed by atoms with Gasteiger partial charge in [0.2, 0.25) is 0 Å². The van der Waals surface area contributed by atoms with Crippen LogP contribution in [-0.2, 0) is 4.57 Å². The summed E-state index contributed by atoms with van der Waals surface area (Å²) >= 11 is 0. The van der Waals surface area contributed by atoms with Gasteiger partial charge in [-0.2, -0.15) is 0 Å². The van der Waals surface area contributed by atoms with Gasteiger partial charge >= 0.3 is 88.7 Å². The van der Waals surface area contributed by atoms with Crippen LogP contribution in [0, 0.1) is 0 Å². The van der Waals surface area contributed by atoms with Crippen molar-refractivity contribution in [3.8, 4) is 0 Å². The molecule has 0 aromatic heterocycles. The average molecular weight is 303 g/mol. The van der Waals surface area contributed by atoms with Gasteiger partial charge in [-0.05, 0) is 7.60 Å². The van der Waals surface area contributed by atoms with Gasteiger partial charge < -0.3 is 61.4 Å². The molecule has 0 aromatic carbocycles. The average Bonchev–Trinajstić information content (AvgIpc) is 1.31. The maximum atomic E-state index is 9.14. The molecule has 0 rings (SSSR count). The maximum absolute atomic E-state index is 9.14. The summed E-state index contributed by atoms with van der Waals surface area (Å²) < 4.78 is 9.14. The third kappa shape index (κ3) is 55.2. The van der Waals surface area contributed by atoms with Gasteiger partial charge in [0, 0.05) is 0 Å². The van der Waals surface area contributed by atoms with E-state index in [1.54, 1.807) is 0 Å². The first kappa shape index (κ1) is 79.1. The fourth-order valence-electron chi connectivity index (χ4n) is 0. The first-order valence-corrected chi connectivity index (χ1v) is 2.72. The van der Waals surface area contributed by atoms with Crippen molar-refractivity contribution in [3.05, 3.63) is 0 Å². The van der Waals surface area contributed by atoms with Crippen LogP contribution in [0.25, 0.3) is 0 Å². The van der Waals surface area contributed by atoms with Crippen LogP contribution < -0.4 is 104 Å². The molecule has 11 nitrogen and oxygen atoms in total. The van der Waals surface area contributed by atoms with E-state index in [2.05, 4.69) is 0 Å². The molecule has 0 saturated carbocycles. The normalized spacial score (nSPS) is 4.88. The second-order valence-electron chi connectivity index (χ2n) is 0.763. The molecule has 12 N–H and O–H groups in total. The van der Waals surface area contributed by atoms with Crippen molar-refractivity contribution < 1.29 is 150 Å². The molecule has 0 saturated heterocycles. The van der Waals surface area contributed by atoms with Gasteiger partial charge in [0.05, 0.1) is 5.71 Å². The van der Waals surface area contributed by atoms with E-state index in [0.29, 0.717) is 0 Å². The van der Waals surface area contributed by atoms with Crippen molar-refractivity contribution >= 4 is 13.3 Å². The van der Waals surface area contributed by atoms with E-state index < -0.39 is 13.3 Å². The van der Waals surface area contributed by atoms with Crippen LogP contribution in [0.3, 0.4) is 0 Å². The molecule has 0 aliphatic heterocycles. The molecule has 0 unspecified atom stereocenters. The summed E-state index contributed by atoms with van der Waals surface area (Å²) in [7, 11) is -5.43. The van der Waals surface area contributed by atoms with Crippen LogP contribution in [-0.4, -0.2) is 38.6 Å². The molecule has 0 aliphatic carbocycles. The van der Waals surface area contributed by atoms with E-state index >= 15 is 0 Å². The summed E-state index contributed by atoms with van der Waals surface area (Å²) in [6.45, 7) is 0. The molecule has 0 amide bonds. The van der Waals surface area contributed by atoms with E-state index in [-0.39, 0.29) is 126 Å². The Hall–Kier alpha value is 2.38. The van der Waals surface area contributed by atoms with E-state index in [0.717, 1.165) is 0 Å². The fourth-order valence-corrected chi connectivity index (χ4v) is 0. The van der Waals surface area contributed by atoms with Crippen LogP contribution >= 0.6 is 7.60 Å². The minimum Gasteiger partial charge on any atom is -1.00 e. The Balaban J connectivity index is -0.00000000273. The second kappa shape index (κ2) is 36.0. The van der Waals surface area contributed by atoms with Crippen molar-refractivity contribution in [3.63, 3.8) is 0 Å². The molecule has 0 bridgehead atoms. The Morgan fingerprint density at radius 2 is 0.875 bits per heavy atom. The molecule has 0 fully saturated rings. The molecule has 0 heterocycles. The molecule has 16 heavy (non-hydrogen) atoms. The second-order valence-corrected chi connectivity index (χ2v) is 2.12. The molecule has 15 heteroatoms. The number of hydrogen-bond donors (Lipinski definition) is 0. The SMILES string of the molecule is O.O.O.O.O.O.O=C([O-])P(=O)([O-])[O-].[H-].[H-].[H-].[Na+].[Na+].[Na+]. The van der Waals surface area contributed by atoms with E-state index in [4.69, 9.17) is 24.3 Å². The minimum atomic E-state index is -5.43. The van der Waals surface area contributed by atoms with E-state index in [1.807, 2.05) is 0 Å². The van der Waals surface area contributed by atoms with Gasteiger partial charge in [0.15, 0.2) is 0 Å².